The molecule has 0 unspecified atom stereocenters. The SMILES string of the molecule is CC(C)CC1(C(=O)N2C[C@@H](C)[C@H](C(=O)O)C2)CCC1. The lowest BCUT2D eigenvalue weighted by Gasteiger charge is -2.44. The largest absolute Gasteiger partial charge is 0.481 e. The number of hydrogen-bond donors (Lipinski definition) is 1. The molecular formula is C15H25NO3. The van der Waals surface area contributed by atoms with Crippen molar-refractivity contribution >= 4 is 11.9 Å². The second-order valence-electron chi connectivity index (χ2n) is 6.86. The van der Waals surface area contributed by atoms with Gasteiger partial charge in [0.1, 0.15) is 0 Å². The van der Waals surface area contributed by atoms with E-state index < -0.39 is 5.97 Å². The molecule has 108 valence electrons. The van der Waals surface area contributed by atoms with Crippen LogP contribution in [0, 0.1) is 23.2 Å². The quantitative estimate of drug-likeness (QED) is 0.850. The molecule has 1 heterocycles. The summed E-state index contributed by atoms with van der Waals surface area (Å²) in [6.45, 7) is 7.24. The van der Waals surface area contributed by atoms with Crippen molar-refractivity contribution in [2.75, 3.05) is 13.1 Å². The minimum Gasteiger partial charge on any atom is -0.481 e. The standard InChI is InChI=1S/C15H25NO3/c1-10(2)7-15(5-4-6-15)14(19)16-8-11(3)12(9-16)13(17)18/h10-12H,4-9H2,1-3H3,(H,17,18)/t11-,12-/m1/s1. The van der Waals surface area contributed by atoms with Crippen LogP contribution in [0.15, 0.2) is 0 Å². The minimum absolute atomic E-state index is 0.0672. The van der Waals surface area contributed by atoms with E-state index in [1.165, 1.54) is 0 Å². The van der Waals surface area contributed by atoms with Crippen LogP contribution in [0.1, 0.15) is 46.5 Å². The summed E-state index contributed by atoms with van der Waals surface area (Å²) < 4.78 is 0. The molecule has 0 spiro atoms. The van der Waals surface area contributed by atoms with Crippen molar-refractivity contribution in [2.24, 2.45) is 23.2 Å². The molecule has 1 amide bonds. The summed E-state index contributed by atoms with van der Waals surface area (Å²) in [6.07, 6.45) is 4.03. The van der Waals surface area contributed by atoms with Crippen LogP contribution in [0.2, 0.25) is 0 Å². The van der Waals surface area contributed by atoms with Crippen LogP contribution in [0.25, 0.3) is 0 Å². The molecular weight excluding hydrogens is 242 g/mol. The van der Waals surface area contributed by atoms with Gasteiger partial charge in [-0.1, -0.05) is 27.2 Å². The zero-order valence-corrected chi connectivity index (χ0v) is 12.2. The Labute approximate surface area is 115 Å². The summed E-state index contributed by atoms with van der Waals surface area (Å²) in [5.41, 5.74) is -0.179. The van der Waals surface area contributed by atoms with Crippen molar-refractivity contribution in [1.82, 2.24) is 4.90 Å². The second kappa shape index (κ2) is 5.14. The number of carbonyl (C=O) groups is 2. The van der Waals surface area contributed by atoms with Crippen LogP contribution in [0.5, 0.6) is 0 Å². The molecule has 1 saturated heterocycles. The zero-order valence-electron chi connectivity index (χ0n) is 12.2. The number of hydrogen-bond acceptors (Lipinski definition) is 2. The first-order chi connectivity index (χ1) is 8.85. The van der Waals surface area contributed by atoms with Crippen molar-refractivity contribution in [3.63, 3.8) is 0 Å². The number of rotatable bonds is 4. The third kappa shape index (κ3) is 2.63. The number of carbonyl (C=O) groups excluding carboxylic acids is 1. The van der Waals surface area contributed by atoms with Crippen molar-refractivity contribution in [3.05, 3.63) is 0 Å². The lowest BCUT2D eigenvalue weighted by Crippen LogP contribution is -2.48. The van der Waals surface area contributed by atoms with Gasteiger partial charge in [-0.2, -0.15) is 0 Å². The fraction of sp³-hybridized carbons (Fsp3) is 0.867. The molecule has 0 bridgehead atoms. The molecule has 2 rings (SSSR count). The van der Waals surface area contributed by atoms with Gasteiger partial charge in [0, 0.05) is 18.5 Å². The van der Waals surface area contributed by atoms with Gasteiger partial charge >= 0.3 is 5.97 Å². The van der Waals surface area contributed by atoms with Crippen LogP contribution in [-0.2, 0) is 9.59 Å². The third-order valence-corrected chi connectivity index (χ3v) is 4.78. The topological polar surface area (TPSA) is 57.6 Å². The van der Waals surface area contributed by atoms with Crippen molar-refractivity contribution in [1.29, 1.82) is 0 Å². The molecule has 1 N–H and O–H groups in total. The van der Waals surface area contributed by atoms with Gasteiger partial charge in [-0.15, -0.1) is 0 Å². The predicted octanol–water partition coefficient (Wildman–Crippen LogP) is 2.38. The molecule has 1 aliphatic heterocycles. The van der Waals surface area contributed by atoms with Gasteiger partial charge in [0.15, 0.2) is 0 Å². The lowest BCUT2D eigenvalue weighted by molar-refractivity contribution is -0.148. The van der Waals surface area contributed by atoms with Gasteiger partial charge in [0.05, 0.1) is 5.92 Å². The molecule has 1 aliphatic carbocycles. The first-order valence-corrected chi connectivity index (χ1v) is 7.38. The molecule has 4 heteroatoms. The molecule has 19 heavy (non-hydrogen) atoms. The second-order valence-corrected chi connectivity index (χ2v) is 6.86. The third-order valence-electron chi connectivity index (χ3n) is 4.78. The molecule has 2 atom stereocenters. The summed E-state index contributed by atoms with van der Waals surface area (Å²) in [6, 6.07) is 0. The molecule has 0 aromatic carbocycles. The smallest absolute Gasteiger partial charge is 0.308 e. The van der Waals surface area contributed by atoms with Crippen molar-refractivity contribution < 1.29 is 14.7 Å². The van der Waals surface area contributed by atoms with E-state index >= 15 is 0 Å². The van der Waals surface area contributed by atoms with Crippen molar-refractivity contribution in [2.45, 2.75) is 46.5 Å². The average Bonchev–Trinajstić information content (AvgIpc) is 2.64. The maximum Gasteiger partial charge on any atom is 0.308 e. The number of carboxylic acids is 1. The first-order valence-electron chi connectivity index (χ1n) is 7.38. The van der Waals surface area contributed by atoms with Gasteiger partial charge < -0.3 is 10.0 Å². The highest BCUT2D eigenvalue weighted by molar-refractivity contribution is 5.85. The highest BCUT2D eigenvalue weighted by Gasteiger charge is 2.49. The van der Waals surface area contributed by atoms with E-state index in [1.54, 1.807) is 0 Å². The predicted molar refractivity (Wildman–Crippen MR) is 72.6 cm³/mol. The van der Waals surface area contributed by atoms with Crippen molar-refractivity contribution in [3.8, 4) is 0 Å². The Morgan fingerprint density at radius 1 is 1.32 bits per heavy atom. The van der Waals surface area contributed by atoms with Crippen LogP contribution < -0.4 is 0 Å². The molecule has 4 nitrogen and oxygen atoms in total. The summed E-state index contributed by atoms with van der Waals surface area (Å²) in [5, 5.41) is 9.16. The Morgan fingerprint density at radius 2 is 1.95 bits per heavy atom. The lowest BCUT2D eigenvalue weighted by atomic mass is 9.63. The van der Waals surface area contributed by atoms with Crippen LogP contribution in [0.4, 0.5) is 0 Å². The molecule has 2 aliphatic rings. The van der Waals surface area contributed by atoms with E-state index in [0.717, 1.165) is 25.7 Å². The number of likely N-dealkylation sites (tertiary alicyclic amines) is 1. The first kappa shape index (κ1) is 14.4. The van der Waals surface area contributed by atoms with Gasteiger partial charge in [-0.25, -0.2) is 0 Å². The summed E-state index contributed by atoms with van der Waals surface area (Å²) in [5.74, 6) is -0.366. The summed E-state index contributed by atoms with van der Waals surface area (Å²) in [7, 11) is 0. The van der Waals surface area contributed by atoms with Gasteiger partial charge in [0.2, 0.25) is 5.91 Å². The molecule has 0 aromatic heterocycles. The van der Waals surface area contributed by atoms with E-state index in [9.17, 15) is 9.59 Å². The minimum atomic E-state index is -0.769. The van der Waals surface area contributed by atoms with Crippen LogP contribution in [0.3, 0.4) is 0 Å². The maximum atomic E-state index is 12.7. The zero-order chi connectivity index (χ0) is 14.2. The summed E-state index contributed by atoms with van der Waals surface area (Å²) in [4.78, 5) is 25.7. The van der Waals surface area contributed by atoms with Crippen LogP contribution in [-0.4, -0.2) is 35.0 Å². The van der Waals surface area contributed by atoms with Gasteiger partial charge in [0.25, 0.3) is 0 Å². The molecule has 0 aromatic rings. The monoisotopic (exact) mass is 267 g/mol. The Balaban J connectivity index is 2.06. The number of carboxylic acid groups (broad SMARTS) is 1. The fourth-order valence-corrected chi connectivity index (χ4v) is 3.68. The van der Waals surface area contributed by atoms with E-state index in [1.807, 2.05) is 11.8 Å². The molecule has 0 radical (unpaired) electrons. The van der Waals surface area contributed by atoms with E-state index in [2.05, 4.69) is 13.8 Å². The number of nitrogens with zero attached hydrogens (tertiary/aromatic N) is 1. The van der Waals surface area contributed by atoms with Crippen LogP contribution >= 0.6 is 0 Å². The van der Waals surface area contributed by atoms with E-state index in [0.29, 0.717) is 19.0 Å². The highest BCUT2D eigenvalue weighted by atomic mass is 16.4. The average molecular weight is 267 g/mol. The molecule has 1 saturated carbocycles. The van der Waals surface area contributed by atoms with Gasteiger partial charge in [-0.05, 0) is 31.1 Å². The number of amides is 1. The highest BCUT2D eigenvalue weighted by Crippen LogP contribution is 2.48. The van der Waals surface area contributed by atoms with Gasteiger partial charge in [-0.3, -0.25) is 9.59 Å². The Hall–Kier alpha value is -1.06. The Bertz CT molecular complexity index is 374. The maximum absolute atomic E-state index is 12.7. The Kier molecular flexibility index (Phi) is 3.88. The summed E-state index contributed by atoms with van der Waals surface area (Å²) >= 11 is 0. The fourth-order valence-electron chi connectivity index (χ4n) is 3.68. The number of aliphatic carboxylic acids is 1. The normalized spacial score (nSPS) is 29.4. The van der Waals surface area contributed by atoms with E-state index in [-0.39, 0.29) is 23.2 Å². The molecule has 2 fully saturated rings. The Morgan fingerprint density at radius 3 is 2.32 bits per heavy atom. The van der Waals surface area contributed by atoms with E-state index in [4.69, 9.17) is 5.11 Å².